The predicted octanol–water partition coefficient (Wildman–Crippen LogP) is 4.76. The van der Waals surface area contributed by atoms with E-state index < -0.39 is 0 Å². The molecule has 1 unspecified atom stereocenters. The standard InChI is InChI=1S/C21H27N3OS/c1-15-5-2-6-16(11-15)22-21(25)23-17-12-18-7-3-8-19(13-17)24(18)14-20-9-4-10-26-20/h2,4-6,9-11,17-19H,3,7-8,12-14H2,1H3,(H2,22,23,25)/t17?,18-,19+. The van der Waals surface area contributed by atoms with Crippen LogP contribution in [0.25, 0.3) is 0 Å². The smallest absolute Gasteiger partial charge is 0.319 e. The molecule has 2 aliphatic heterocycles. The fourth-order valence-corrected chi connectivity index (χ4v) is 5.23. The van der Waals surface area contributed by atoms with Gasteiger partial charge in [0.1, 0.15) is 0 Å². The van der Waals surface area contributed by atoms with E-state index in [1.54, 1.807) is 0 Å². The van der Waals surface area contributed by atoms with Crippen molar-refractivity contribution in [3.63, 3.8) is 0 Å². The van der Waals surface area contributed by atoms with E-state index in [0.717, 1.165) is 30.6 Å². The summed E-state index contributed by atoms with van der Waals surface area (Å²) in [4.78, 5) is 16.6. The number of carbonyl (C=O) groups excluding carboxylic acids is 1. The second kappa shape index (κ2) is 7.80. The third-order valence-corrected chi connectivity index (χ3v) is 6.52. The summed E-state index contributed by atoms with van der Waals surface area (Å²) in [6.07, 6.45) is 5.93. The van der Waals surface area contributed by atoms with Gasteiger partial charge < -0.3 is 10.6 Å². The number of fused-ring (bicyclic) bond motifs is 2. The van der Waals surface area contributed by atoms with Gasteiger partial charge in [0.15, 0.2) is 0 Å². The van der Waals surface area contributed by atoms with Crippen molar-refractivity contribution in [1.29, 1.82) is 0 Å². The van der Waals surface area contributed by atoms with Crippen LogP contribution in [0.3, 0.4) is 0 Å². The highest BCUT2D eigenvalue weighted by Crippen LogP contribution is 2.35. The van der Waals surface area contributed by atoms with E-state index in [9.17, 15) is 4.79 Å². The van der Waals surface area contributed by atoms with Crippen LogP contribution in [0.1, 0.15) is 42.5 Å². The number of nitrogens with one attached hydrogen (secondary N) is 2. The van der Waals surface area contributed by atoms with Crippen molar-refractivity contribution in [3.05, 3.63) is 52.2 Å². The van der Waals surface area contributed by atoms with E-state index in [-0.39, 0.29) is 12.1 Å². The van der Waals surface area contributed by atoms with Crippen LogP contribution in [0.5, 0.6) is 0 Å². The Morgan fingerprint density at radius 1 is 1.19 bits per heavy atom. The summed E-state index contributed by atoms with van der Waals surface area (Å²) in [5, 5.41) is 8.36. The number of amides is 2. The Labute approximate surface area is 159 Å². The first kappa shape index (κ1) is 17.6. The number of benzene rings is 1. The average molecular weight is 370 g/mol. The molecule has 3 heterocycles. The van der Waals surface area contributed by atoms with Gasteiger partial charge in [-0.3, -0.25) is 4.90 Å². The summed E-state index contributed by atoms with van der Waals surface area (Å²) in [5.41, 5.74) is 2.01. The number of rotatable bonds is 4. The zero-order chi connectivity index (χ0) is 17.9. The Kier molecular flexibility index (Phi) is 5.27. The minimum absolute atomic E-state index is 0.0784. The van der Waals surface area contributed by atoms with Crippen LogP contribution >= 0.6 is 11.3 Å². The molecule has 1 aromatic heterocycles. The number of thiophene rings is 1. The molecular weight excluding hydrogens is 342 g/mol. The molecule has 0 saturated carbocycles. The van der Waals surface area contributed by atoms with Gasteiger partial charge in [-0.15, -0.1) is 11.3 Å². The largest absolute Gasteiger partial charge is 0.335 e. The Morgan fingerprint density at radius 3 is 2.69 bits per heavy atom. The van der Waals surface area contributed by atoms with Crippen LogP contribution in [-0.4, -0.2) is 29.1 Å². The number of carbonyl (C=O) groups is 1. The molecule has 1 aromatic carbocycles. The monoisotopic (exact) mass is 369 g/mol. The van der Waals surface area contributed by atoms with Gasteiger partial charge in [0.25, 0.3) is 0 Å². The van der Waals surface area contributed by atoms with Crippen molar-refractivity contribution in [3.8, 4) is 0 Å². The number of hydrogen-bond acceptors (Lipinski definition) is 3. The molecule has 0 spiro atoms. The van der Waals surface area contributed by atoms with Crippen molar-refractivity contribution in [1.82, 2.24) is 10.2 Å². The van der Waals surface area contributed by atoms with Crippen molar-refractivity contribution < 1.29 is 4.79 Å². The Balaban J connectivity index is 1.35. The highest BCUT2D eigenvalue weighted by atomic mass is 32.1. The first-order valence-electron chi connectivity index (χ1n) is 9.60. The lowest BCUT2D eigenvalue weighted by atomic mass is 9.81. The molecule has 2 N–H and O–H groups in total. The summed E-state index contributed by atoms with van der Waals surface area (Å²) < 4.78 is 0. The quantitative estimate of drug-likeness (QED) is 0.816. The third-order valence-electron chi connectivity index (χ3n) is 5.66. The number of nitrogens with zero attached hydrogens (tertiary/aromatic N) is 1. The van der Waals surface area contributed by atoms with Crippen LogP contribution in [0.4, 0.5) is 10.5 Å². The molecule has 4 rings (SSSR count). The van der Waals surface area contributed by atoms with Crippen molar-refractivity contribution in [2.45, 2.75) is 63.7 Å². The maximum atomic E-state index is 12.4. The summed E-state index contributed by atoms with van der Waals surface area (Å²) in [7, 11) is 0. The lowest BCUT2D eigenvalue weighted by molar-refractivity contribution is 0.0208. The molecule has 0 radical (unpaired) electrons. The van der Waals surface area contributed by atoms with Gasteiger partial charge in [-0.25, -0.2) is 4.79 Å². The zero-order valence-electron chi connectivity index (χ0n) is 15.3. The molecule has 4 nitrogen and oxygen atoms in total. The lowest BCUT2D eigenvalue weighted by Gasteiger charge is -2.48. The van der Waals surface area contributed by atoms with Crippen LogP contribution in [0.2, 0.25) is 0 Å². The van der Waals surface area contributed by atoms with Crippen LogP contribution in [-0.2, 0) is 6.54 Å². The number of hydrogen-bond donors (Lipinski definition) is 2. The minimum Gasteiger partial charge on any atom is -0.335 e. The van der Waals surface area contributed by atoms with E-state index >= 15 is 0 Å². The van der Waals surface area contributed by atoms with Crippen LogP contribution in [0.15, 0.2) is 41.8 Å². The minimum atomic E-state index is -0.0784. The van der Waals surface area contributed by atoms with Gasteiger partial charge >= 0.3 is 6.03 Å². The zero-order valence-corrected chi connectivity index (χ0v) is 16.1. The molecule has 3 atom stereocenters. The molecule has 26 heavy (non-hydrogen) atoms. The molecule has 0 aliphatic carbocycles. The Hall–Kier alpha value is -1.85. The van der Waals surface area contributed by atoms with E-state index in [2.05, 4.69) is 33.0 Å². The average Bonchev–Trinajstić information content (AvgIpc) is 3.08. The van der Waals surface area contributed by atoms with Gasteiger partial charge in [0, 0.05) is 35.2 Å². The van der Waals surface area contributed by atoms with E-state index in [1.165, 1.54) is 24.1 Å². The first-order valence-corrected chi connectivity index (χ1v) is 10.5. The highest BCUT2D eigenvalue weighted by molar-refractivity contribution is 7.09. The topological polar surface area (TPSA) is 44.4 Å². The summed E-state index contributed by atoms with van der Waals surface area (Å²) in [5.74, 6) is 0. The highest BCUT2D eigenvalue weighted by Gasteiger charge is 2.38. The van der Waals surface area contributed by atoms with E-state index in [0.29, 0.717) is 12.1 Å². The normalized spacial score (nSPS) is 25.7. The maximum absolute atomic E-state index is 12.4. The van der Waals surface area contributed by atoms with Crippen molar-refractivity contribution in [2.24, 2.45) is 0 Å². The maximum Gasteiger partial charge on any atom is 0.319 e. The van der Waals surface area contributed by atoms with Gasteiger partial charge in [0.05, 0.1) is 0 Å². The third kappa shape index (κ3) is 4.10. The molecule has 2 amide bonds. The second-order valence-electron chi connectivity index (χ2n) is 7.63. The Morgan fingerprint density at radius 2 is 2.00 bits per heavy atom. The van der Waals surface area contributed by atoms with Gasteiger partial charge in [-0.05, 0) is 61.7 Å². The molecular formula is C21H27N3OS. The van der Waals surface area contributed by atoms with Crippen molar-refractivity contribution >= 4 is 23.1 Å². The molecule has 2 aliphatic rings. The number of anilines is 1. The first-order chi connectivity index (χ1) is 12.7. The van der Waals surface area contributed by atoms with E-state index in [1.807, 2.05) is 42.5 Å². The van der Waals surface area contributed by atoms with Crippen molar-refractivity contribution in [2.75, 3.05) is 5.32 Å². The fourth-order valence-electron chi connectivity index (χ4n) is 4.51. The predicted molar refractivity (Wildman–Crippen MR) is 108 cm³/mol. The van der Waals surface area contributed by atoms with Crippen LogP contribution < -0.4 is 10.6 Å². The molecule has 2 aromatic rings. The number of urea groups is 1. The SMILES string of the molecule is Cc1cccc(NC(=O)NC2C[C@H]3CCC[C@@H](C2)N3Cc2cccs2)c1. The summed E-state index contributed by atoms with van der Waals surface area (Å²) in [6.45, 7) is 3.10. The second-order valence-corrected chi connectivity index (χ2v) is 8.66. The molecule has 2 bridgehead atoms. The summed E-state index contributed by atoms with van der Waals surface area (Å²) in [6, 6.07) is 13.7. The lowest BCUT2D eigenvalue weighted by Crippen LogP contribution is -2.56. The van der Waals surface area contributed by atoms with Crippen LogP contribution in [0, 0.1) is 6.92 Å². The fraction of sp³-hybridized carbons (Fsp3) is 0.476. The molecule has 5 heteroatoms. The summed E-state index contributed by atoms with van der Waals surface area (Å²) >= 11 is 1.85. The van der Waals surface area contributed by atoms with Gasteiger partial charge in [0.2, 0.25) is 0 Å². The van der Waals surface area contributed by atoms with E-state index in [4.69, 9.17) is 0 Å². The number of aryl methyl sites for hydroxylation is 1. The number of piperidine rings is 2. The molecule has 138 valence electrons. The van der Waals surface area contributed by atoms with Gasteiger partial charge in [-0.2, -0.15) is 0 Å². The molecule has 2 fully saturated rings. The molecule has 2 saturated heterocycles. The van der Waals surface area contributed by atoms with Gasteiger partial charge in [-0.1, -0.05) is 24.6 Å². The Bertz CT molecular complexity index is 731.